The highest BCUT2D eigenvalue weighted by molar-refractivity contribution is 5.86. The van der Waals surface area contributed by atoms with Gasteiger partial charge < -0.3 is 15.0 Å². The first kappa shape index (κ1) is 20.0. The maximum Gasteiger partial charge on any atom is 0.408 e. The fraction of sp³-hybridized carbons (Fsp3) is 0.688. The quantitative estimate of drug-likeness (QED) is 0.624. The molecule has 0 saturated carbocycles. The summed E-state index contributed by atoms with van der Waals surface area (Å²) >= 11 is 0. The highest BCUT2D eigenvalue weighted by Gasteiger charge is 2.36. The lowest BCUT2D eigenvalue weighted by Crippen LogP contribution is -2.55. The predicted octanol–water partition coefficient (Wildman–Crippen LogP) is 2.46. The number of hydrogen-bond acceptors (Lipinski definition) is 4. The minimum Gasteiger partial charge on any atom is -0.444 e. The molecule has 0 aromatic heterocycles. The number of rotatable bonds is 5. The van der Waals surface area contributed by atoms with Crippen molar-refractivity contribution in [2.75, 3.05) is 13.1 Å². The van der Waals surface area contributed by atoms with Gasteiger partial charge in [0.25, 0.3) is 0 Å². The monoisotopic (exact) mass is 309 g/mol. The van der Waals surface area contributed by atoms with Crippen molar-refractivity contribution in [3.63, 3.8) is 0 Å². The van der Waals surface area contributed by atoms with Crippen LogP contribution < -0.4 is 5.32 Å². The predicted molar refractivity (Wildman–Crippen MR) is 85.0 cm³/mol. The van der Waals surface area contributed by atoms with E-state index in [2.05, 4.69) is 11.9 Å². The van der Waals surface area contributed by atoms with E-state index >= 15 is 0 Å². The minimum absolute atomic E-state index is 0.0621. The SMILES string of the molecule is C=CCN(CC#N)C(=O)C(NC(=O)OC(C)(C)C)C(C)(C)C. The van der Waals surface area contributed by atoms with Gasteiger partial charge in [-0.2, -0.15) is 5.26 Å². The van der Waals surface area contributed by atoms with Crippen molar-refractivity contribution in [3.05, 3.63) is 12.7 Å². The van der Waals surface area contributed by atoms with E-state index in [-0.39, 0.29) is 19.0 Å². The molecule has 0 radical (unpaired) electrons. The highest BCUT2D eigenvalue weighted by Crippen LogP contribution is 2.22. The van der Waals surface area contributed by atoms with Crippen LogP contribution in [0.5, 0.6) is 0 Å². The van der Waals surface area contributed by atoms with Crippen molar-refractivity contribution in [1.82, 2.24) is 10.2 Å². The summed E-state index contributed by atoms with van der Waals surface area (Å²) in [4.78, 5) is 25.9. The second-order valence-corrected chi connectivity index (χ2v) is 7.11. The summed E-state index contributed by atoms with van der Waals surface area (Å²) in [6.07, 6.45) is 0.888. The van der Waals surface area contributed by atoms with Gasteiger partial charge in [0.05, 0.1) is 6.07 Å². The van der Waals surface area contributed by atoms with E-state index in [1.165, 1.54) is 4.90 Å². The van der Waals surface area contributed by atoms with Crippen LogP contribution in [0.25, 0.3) is 0 Å². The fourth-order valence-corrected chi connectivity index (χ4v) is 1.73. The molecule has 6 nitrogen and oxygen atoms in total. The molecule has 0 aliphatic heterocycles. The van der Waals surface area contributed by atoms with Crippen LogP contribution in [0.4, 0.5) is 4.79 Å². The molecule has 0 fully saturated rings. The summed E-state index contributed by atoms with van der Waals surface area (Å²) in [5.41, 5.74) is -1.17. The Morgan fingerprint density at radius 1 is 1.32 bits per heavy atom. The Balaban J connectivity index is 5.21. The largest absolute Gasteiger partial charge is 0.444 e. The number of hydrogen-bond donors (Lipinski definition) is 1. The zero-order valence-electron chi connectivity index (χ0n) is 14.4. The van der Waals surface area contributed by atoms with Gasteiger partial charge in [-0.15, -0.1) is 6.58 Å². The number of amides is 2. The fourth-order valence-electron chi connectivity index (χ4n) is 1.73. The number of alkyl carbamates (subject to hydrolysis) is 1. The zero-order valence-corrected chi connectivity index (χ0v) is 14.4. The second-order valence-electron chi connectivity index (χ2n) is 7.11. The van der Waals surface area contributed by atoms with Crippen LogP contribution in [0, 0.1) is 16.7 Å². The first-order chi connectivity index (χ1) is 9.92. The summed E-state index contributed by atoms with van der Waals surface area (Å²) in [5.74, 6) is -0.334. The van der Waals surface area contributed by atoms with Crippen molar-refractivity contribution in [1.29, 1.82) is 5.26 Å². The van der Waals surface area contributed by atoms with Crippen LogP contribution >= 0.6 is 0 Å². The van der Waals surface area contributed by atoms with Crippen LogP contribution in [-0.2, 0) is 9.53 Å². The van der Waals surface area contributed by atoms with Gasteiger partial charge in [0.15, 0.2) is 0 Å². The molecular weight excluding hydrogens is 282 g/mol. The first-order valence-electron chi connectivity index (χ1n) is 7.18. The first-order valence-corrected chi connectivity index (χ1v) is 7.18. The van der Waals surface area contributed by atoms with Gasteiger partial charge in [-0.3, -0.25) is 4.79 Å². The minimum atomic E-state index is -0.796. The van der Waals surface area contributed by atoms with Gasteiger partial charge in [0.2, 0.25) is 5.91 Å². The third-order valence-electron chi connectivity index (χ3n) is 2.70. The van der Waals surface area contributed by atoms with Crippen LogP contribution in [0.2, 0.25) is 0 Å². The molecule has 6 heteroatoms. The summed E-state index contributed by atoms with van der Waals surface area (Å²) in [7, 11) is 0. The smallest absolute Gasteiger partial charge is 0.408 e. The Labute approximate surface area is 133 Å². The molecule has 0 bridgehead atoms. The van der Waals surface area contributed by atoms with Gasteiger partial charge in [0, 0.05) is 6.54 Å². The molecule has 0 rings (SSSR count). The van der Waals surface area contributed by atoms with E-state index in [1.807, 2.05) is 26.8 Å². The molecular formula is C16H27N3O3. The van der Waals surface area contributed by atoms with Gasteiger partial charge in [0.1, 0.15) is 18.2 Å². The van der Waals surface area contributed by atoms with Gasteiger partial charge in [-0.25, -0.2) is 4.79 Å². The van der Waals surface area contributed by atoms with E-state index in [1.54, 1.807) is 26.8 Å². The number of carbonyl (C=O) groups excluding carboxylic acids is 2. The topological polar surface area (TPSA) is 82.4 Å². The maximum absolute atomic E-state index is 12.6. The van der Waals surface area contributed by atoms with Crippen LogP contribution in [-0.4, -0.2) is 41.6 Å². The van der Waals surface area contributed by atoms with Gasteiger partial charge in [-0.1, -0.05) is 26.8 Å². The lowest BCUT2D eigenvalue weighted by atomic mass is 9.86. The van der Waals surface area contributed by atoms with E-state index in [0.29, 0.717) is 0 Å². The summed E-state index contributed by atoms with van der Waals surface area (Å²) in [6, 6.07) is 1.15. The van der Waals surface area contributed by atoms with Crippen LogP contribution in [0.1, 0.15) is 41.5 Å². The highest BCUT2D eigenvalue weighted by atomic mass is 16.6. The molecule has 0 spiro atoms. The van der Waals surface area contributed by atoms with Crippen molar-refractivity contribution < 1.29 is 14.3 Å². The van der Waals surface area contributed by atoms with Crippen LogP contribution in [0.3, 0.4) is 0 Å². The van der Waals surface area contributed by atoms with Gasteiger partial charge >= 0.3 is 6.09 Å². The molecule has 0 aliphatic carbocycles. The standard InChI is InChI=1S/C16H27N3O3/c1-8-10-19(11-9-17)13(20)12(15(2,3)4)18-14(21)22-16(5,6)7/h8,12H,1,10-11H2,2-7H3,(H,18,21). The molecule has 0 aromatic carbocycles. The average Bonchev–Trinajstić information content (AvgIpc) is 2.31. The van der Waals surface area contributed by atoms with Crippen molar-refractivity contribution >= 4 is 12.0 Å². The molecule has 0 heterocycles. The second kappa shape index (κ2) is 7.83. The molecule has 2 amide bonds. The molecule has 1 unspecified atom stereocenters. The van der Waals surface area contributed by atoms with Crippen molar-refractivity contribution in [3.8, 4) is 6.07 Å². The summed E-state index contributed by atoms with van der Waals surface area (Å²) < 4.78 is 5.21. The number of nitrogens with one attached hydrogen (secondary N) is 1. The normalized spacial score (nSPS) is 12.8. The Kier molecular flexibility index (Phi) is 7.11. The maximum atomic E-state index is 12.6. The Morgan fingerprint density at radius 2 is 1.86 bits per heavy atom. The third-order valence-corrected chi connectivity index (χ3v) is 2.70. The molecule has 22 heavy (non-hydrogen) atoms. The number of nitrogens with zero attached hydrogens (tertiary/aromatic N) is 2. The number of nitriles is 1. The molecule has 124 valence electrons. The zero-order chi connectivity index (χ0) is 17.6. The van der Waals surface area contributed by atoms with Gasteiger partial charge in [-0.05, 0) is 26.2 Å². The van der Waals surface area contributed by atoms with E-state index in [4.69, 9.17) is 10.00 Å². The third kappa shape index (κ3) is 7.11. The van der Waals surface area contributed by atoms with E-state index in [0.717, 1.165) is 0 Å². The number of ether oxygens (including phenoxy) is 1. The number of carbonyl (C=O) groups is 2. The van der Waals surface area contributed by atoms with Crippen LogP contribution in [0.15, 0.2) is 12.7 Å². The Bertz CT molecular complexity index is 453. The Hall–Kier alpha value is -2.03. The van der Waals surface area contributed by atoms with Crippen molar-refractivity contribution in [2.24, 2.45) is 5.41 Å². The lowest BCUT2D eigenvalue weighted by Gasteiger charge is -2.34. The Morgan fingerprint density at radius 3 is 2.23 bits per heavy atom. The summed E-state index contributed by atoms with van der Waals surface area (Å²) in [6.45, 7) is 14.5. The molecule has 1 N–H and O–H groups in total. The van der Waals surface area contributed by atoms with E-state index < -0.39 is 23.2 Å². The lowest BCUT2D eigenvalue weighted by molar-refractivity contribution is -0.135. The molecule has 1 atom stereocenters. The average molecular weight is 309 g/mol. The van der Waals surface area contributed by atoms with E-state index in [9.17, 15) is 9.59 Å². The molecule has 0 saturated heterocycles. The van der Waals surface area contributed by atoms with Crippen molar-refractivity contribution in [2.45, 2.75) is 53.2 Å². The molecule has 0 aliphatic rings. The summed E-state index contributed by atoms with van der Waals surface area (Å²) in [5, 5.41) is 11.5. The molecule has 0 aromatic rings.